The molecule has 2 aromatic heterocycles. The second-order valence-corrected chi connectivity index (χ2v) is 10.9. The molecule has 0 fully saturated rings. The summed E-state index contributed by atoms with van der Waals surface area (Å²) in [5.74, 6) is -3.69. The number of aromatic amines is 1. The molecule has 0 spiro atoms. The molecule has 5 rings (SSSR count). The van der Waals surface area contributed by atoms with Crippen LogP contribution in [-0.4, -0.2) is 66.0 Å². The van der Waals surface area contributed by atoms with Crippen molar-refractivity contribution in [1.82, 2.24) is 30.6 Å². The molecule has 20 heteroatoms. The molecule has 2 atom stereocenters. The van der Waals surface area contributed by atoms with Crippen molar-refractivity contribution in [3.05, 3.63) is 104 Å². The monoisotopic (exact) mass is 714 g/mol. The molecule has 3 heterocycles. The zero-order chi connectivity index (χ0) is 37.2. The molecule has 0 radical (unpaired) electrons. The minimum atomic E-state index is -1.52. The van der Waals surface area contributed by atoms with Gasteiger partial charge in [-0.05, 0) is 48.9 Å². The summed E-state index contributed by atoms with van der Waals surface area (Å²) in [5, 5.41) is 52.7. The standard InChI is InChI=1S/C32H30N10O10/c1-2-50-26(43)7-5-18-10-20(28-35-8-3-9-36-28)13-22(11-18)51-30-27(42(48)49)29(38-23(31(44)45)14-21-16-34-17-37-21)39-32(40-30)52-25-12-19(15-33)4-6-24(25)41(46)47/h3-4,6,8,10-13,16-17,23,28,35-36H,2,5,7,9,14H2,1H3,(H,34,37)(H,44,45)(H,38,39,40). The third kappa shape index (κ3) is 9.10. The number of aromatic nitrogens is 4. The number of imidazole rings is 1. The number of nitrogens with one attached hydrogen (secondary N) is 4. The fourth-order valence-electron chi connectivity index (χ4n) is 5.02. The van der Waals surface area contributed by atoms with Gasteiger partial charge in [0.1, 0.15) is 18.0 Å². The Bertz CT molecular complexity index is 2050. The van der Waals surface area contributed by atoms with Crippen LogP contribution in [0.2, 0.25) is 0 Å². The lowest BCUT2D eigenvalue weighted by Crippen LogP contribution is -2.34. The van der Waals surface area contributed by atoms with Crippen LogP contribution in [0, 0.1) is 31.6 Å². The topological polar surface area (TPSA) is 283 Å². The first-order chi connectivity index (χ1) is 25.0. The Kier molecular flexibility index (Phi) is 11.5. The maximum atomic E-state index is 12.6. The number of nitriles is 1. The van der Waals surface area contributed by atoms with Gasteiger partial charge in [0.15, 0.2) is 0 Å². The lowest BCUT2D eigenvalue weighted by atomic mass is 10.0. The second-order valence-electron chi connectivity index (χ2n) is 10.9. The van der Waals surface area contributed by atoms with Crippen LogP contribution in [-0.2, 0) is 27.2 Å². The molecule has 20 nitrogen and oxygen atoms in total. The number of nitro groups is 2. The van der Waals surface area contributed by atoms with Gasteiger partial charge in [0.05, 0.1) is 40.1 Å². The summed E-state index contributed by atoms with van der Waals surface area (Å²) in [7, 11) is 0. The Hall–Kier alpha value is -7.14. The van der Waals surface area contributed by atoms with Gasteiger partial charge in [0.2, 0.25) is 11.6 Å². The molecule has 0 amide bonds. The van der Waals surface area contributed by atoms with Crippen LogP contribution in [0.15, 0.2) is 61.2 Å². The SMILES string of the molecule is CCOC(=O)CCc1cc(Oc2nc(Oc3cc(C#N)ccc3[N+](=O)[O-])nc(NC(Cc3c[nH]cn3)C(=O)O)c2[N+](=O)[O-])cc(C2NC=CCN2)c1. The smallest absolute Gasteiger partial charge is 0.373 e. The van der Waals surface area contributed by atoms with Crippen molar-refractivity contribution in [2.24, 2.45) is 0 Å². The molecule has 0 saturated carbocycles. The van der Waals surface area contributed by atoms with E-state index < -0.39 is 68.8 Å². The predicted molar refractivity (Wildman–Crippen MR) is 178 cm³/mol. The number of carbonyl (C=O) groups excluding carboxylic acids is 1. The van der Waals surface area contributed by atoms with E-state index in [4.69, 9.17) is 14.2 Å². The molecule has 2 unspecified atom stereocenters. The van der Waals surface area contributed by atoms with Crippen molar-refractivity contribution >= 4 is 29.1 Å². The van der Waals surface area contributed by atoms with Gasteiger partial charge in [0.25, 0.3) is 0 Å². The van der Waals surface area contributed by atoms with Gasteiger partial charge in [0, 0.05) is 37.7 Å². The van der Waals surface area contributed by atoms with Gasteiger partial charge in [-0.15, -0.1) is 0 Å². The second kappa shape index (κ2) is 16.5. The number of esters is 1. The molecule has 1 aliphatic heterocycles. The lowest BCUT2D eigenvalue weighted by molar-refractivity contribution is -0.385. The minimum absolute atomic E-state index is 0.0192. The van der Waals surface area contributed by atoms with Crippen LogP contribution in [0.4, 0.5) is 17.2 Å². The summed E-state index contributed by atoms with van der Waals surface area (Å²) in [5.41, 5.74) is 0.0338. The number of benzene rings is 2. The number of nitrogens with zero attached hydrogens (tertiary/aromatic N) is 6. The normalized spacial score (nSPS) is 14.0. The van der Waals surface area contributed by atoms with E-state index in [-0.39, 0.29) is 37.2 Å². The van der Waals surface area contributed by atoms with Crippen LogP contribution in [0.25, 0.3) is 0 Å². The zero-order valence-corrected chi connectivity index (χ0v) is 27.3. The molecule has 52 heavy (non-hydrogen) atoms. The number of H-pyrrole nitrogens is 1. The Labute approximate surface area is 293 Å². The van der Waals surface area contributed by atoms with Crippen molar-refractivity contribution in [3.63, 3.8) is 0 Å². The molecule has 0 aliphatic carbocycles. The number of carboxylic acids is 1. The van der Waals surface area contributed by atoms with Gasteiger partial charge >= 0.3 is 35.2 Å². The Morgan fingerprint density at radius 3 is 2.63 bits per heavy atom. The van der Waals surface area contributed by atoms with Crippen LogP contribution in [0.3, 0.4) is 0 Å². The number of aliphatic carboxylic acids is 1. The first-order valence-corrected chi connectivity index (χ1v) is 15.6. The molecule has 4 aromatic rings. The van der Waals surface area contributed by atoms with E-state index in [9.17, 15) is 40.2 Å². The average Bonchev–Trinajstić information content (AvgIpc) is 3.64. The summed E-state index contributed by atoms with van der Waals surface area (Å²) < 4.78 is 16.7. The average molecular weight is 715 g/mol. The Morgan fingerprint density at radius 1 is 1.15 bits per heavy atom. The Morgan fingerprint density at radius 2 is 1.98 bits per heavy atom. The van der Waals surface area contributed by atoms with Crippen LogP contribution < -0.4 is 25.4 Å². The van der Waals surface area contributed by atoms with Gasteiger partial charge in [-0.3, -0.25) is 30.3 Å². The van der Waals surface area contributed by atoms with Gasteiger partial charge in [-0.25, -0.2) is 9.78 Å². The largest absolute Gasteiger partial charge is 0.480 e. The molecule has 1 aliphatic rings. The molecule has 2 aromatic carbocycles. The van der Waals surface area contributed by atoms with Crippen molar-refractivity contribution in [1.29, 1.82) is 5.26 Å². The maximum absolute atomic E-state index is 12.6. The van der Waals surface area contributed by atoms with E-state index >= 15 is 0 Å². The fraction of sp³-hybridized carbons (Fsp3) is 0.250. The number of carbonyl (C=O) groups is 2. The number of nitro benzene ring substituents is 1. The number of carboxylic acid groups (broad SMARTS) is 1. The summed E-state index contributed by atoms with van der Waals surface area (Å²) in [6.07, 6.45) is 5.93. The van der Waals surface area contributed by atoms with E-state index in [2.05, 4.69) is 35.9 Å². The van der Waals surface area contributed by atoms with E-state index in [0.29, 0.717) is 23.4 Å². The highest BCUT2D eigenvalue weighted by molar-refractivity contribution is 5.79. The van der Waals surface area contributed by atoms with Crippen LogP contribution in [0.5, 0.6) is 23.4 Å². The van der Waals surface area contributed by atoms with E-state index in [1.165, 1.54) is 24.7 Å². The van der Waals surface area contributed by atoms with Crippen molar-refractivity contribution in [2.75, 3.05) is 18.5 Å². The van der Waals surface area contributed by atoms with Crippen LogP contribution in [0.1, 0.15) is 41.9 Å². The third-order valence-electron chi connectivity index (χ3n) is 7.36. The first-order valence-electron chi connectivity index (χ1n) is 15.6. The Balaban J connectivity index is 1.62. The summed E-state index contributed by atoms with van der Waals surface area (Å²) in [6.45, 7) is 2.40. The summed E-state index contributed by atoms with van der Waals surface area (Å²) in [6, 6.07) is 7.74. The third-order valence-corrected chi connectivity index (χ3v) is 7.36. The first kappa shape index (κ1) is 36.1. The zero-order valence-electron chi connectivity index (χ0n) is 27.3. The van der Waals surface area contributed by atoms with E-state index in [1.807, 2.05) is 12.1 Å². The van der Waals surface area contributed by atoms with Gasteiger partial charge < -0.3 is 34.9 Å². The minimum Gasteiger partial charge on any atom is -0.480 e. The van der Waals surface area contributed by atoms with E-state index in [1.54, 1.807) is 25.3 Å². The fourth-order valence-corrected chi connectivity index (χ4v) is 5.02. The maximum Gasteiger partial charge on any atom is 0.373 e. The molecule has 5 N–H and O–H groups in total. The van der Waals surface area contributed by atoms with Crippen molar-refractivity contribution < 1.29 is 38.8 Å². The highest BCUT2D eigenvalue weighted by Gasteiger charge is 2.32. The highest BCUT2D eigenvalue weighted by Crippen LogP contribution is 2.40. The number of anilines is 1. The number of hydrogen-bond acceptors (Lipinski definition) is 16. The number of aryl methyl sites for hydroxylation is 1. The molecule has 268 valence electrons. The van der Waals surface area contributed by atoms with Crippen molar-refractivity contribution in [3.8, 4) is 29.5 Å². The molecule has 0 bridgehead atoms. The lowest BCUT2D eigenvalue weighted by Gasteiger charge is -2.23. The molecular weight excluding hydrogens is 684 g/mol. The predicted octanol–water partition coefficient (Wildman–Crippen LogP) is 3.78. The van der Waals surface area contributed by atoms with Crippen LogP contribution >= 0.6 is 0 Å². The number of ether oxygens (including phenoxy) is 3. The molecular formula is C32H30N10O10. The summed E-state index contributed by atoms with van der Waals surface area (Å²) >= 11 is 0. The quantitative estimate of drug-likeness (QED) is 0.0627. The highest BCUT2D eigenvalue weighted by atomic mass is 16.6. The number of rotatable bonds is 16. The summed E-state index contributed by atoms with van der Waals surface area (Å²) in [4.78, 5) is 62.0. The van der Waals surface area contributed by atoms with Gasteiger partial charge in [-0.2, -0.15) is 15.2 Å². The van der Waals surface area contributed by atoms with Crippen molar-refractivity contribution in [2.45, 2.75) is 38.4 Å². The molecule has 0 saturated heterocycles. The number of hydrogen-bond donors (Lipinski definition) is 5. The van der Waals surface area contributed by atoms with Gasteiger partial charge in [-0.1, -0.05) is 12.1 Å². The van der Waals surface area contributed by atoms with E-state index in [0.717, 1.165) is 12.1 Å².